The van der Waals surface area contributed by atoms with E-state index in [-0.39, 0.29) is 0 Å². The molecule has 0 saturated heterocycles. The standard InChI is InChI=1S/C13H14N6/c1-9-14-5-3-10(18-9)7-16-13-12-11(4-6-15-13)19(2)8-17-12/h3-6,8H,7H2,1-2H3,(H,15,16). The second-order valence-electron chi connectivity index (χ2n) is 4.33. The van der Waals surface area contributed by atoms with Gasteiger partial charge in [-0.15, -0.1) is 0 Å². The summed E-state index contributed by atoms with van der Waals surface area (Å²) in [5.74, 6) is 1.54. The van der Waals surface area contributed by atoms with Crippen LogP contribution in [-0.2, 0) is 13.6 Å². The highest BCUT2D eigenvalue weighted by atomic mass is 15.1. The van der Waals surface area contributed by atoms with Crippen LogP contribution in [0.5, 0.6) is 0 Å². The minimum absolute atomic E-state index is 0.603. The molecule has 3 heterocycles. The Balaban J connectivity index is 1.86. The van der Waals surface area contributed by atoms with Gasteiger partial charge in [-0.3, -0.25) is 0 Å². The number of nitrogens with one attached hydrogen (secondary N) is 1. The molecule has 96 valence electrons. The third-order valence-corrected chi connectivity index (χ3v) is 2.91. The van der Waals surface area contributed by atoms with Crippen molar-refractivity contribution in [1.29, 1.82) is 0 Å². The molecule has 6 nitrogen and oxygen atoms in total. The Morgan fingerprint density at radius 3 is 2.84 bits per heavy atom. The van der Waals surface area contributed by atoms with Crippen LogP contribution in [0, 0.1) is 6.92 Å². The van der Waals surface area contributed by atoms with Crippen LogP contribution < -0.4 is 5.32 Å². The van der Waals surface area contributed by atoms with Crippen LogP contribution in [0.1, 0.15) is 11.5 Å². The minimum Gasteiger partial charge on any atom is -0.363 e. The Morgan fingerprint density at radius 2 is 2.00 bits per heavy atom. The summed E-state index contributed by atoms with van der Waals surface area (Å²) in [6.45, 7) is 2.48. The van der Waals surface area contributed by atoms with Crippen molar-refractivity contribution in [2.24, 2.45) is 7.05 Å². The van der Waals surface area contributed by atoms with E-state index in [4.69, 9.17) is 0 Å². The zero-order chi connectivity index (χ0) is 13.2. The molecule has 1 N–H and O–H groups in total. The Kier molecular flexibility index (Phi) is 2.83. The summed E-state index contributed by atoms with van der Waals surface area (Å²) in [6, 6.07) is 3.83. The molecule has 3 aromatic heterocycles. The minimum atomic E-state index is 0.603. The van der Waals surface area contributed by atoms with Gasteiger partial charge in [0.25, 0.3) is 0 Å². The first kappa shape index (κ1) is 11.6. The topological polar surface area (TPSA) is 68.5 Å². The zero-order valence-corrected chi connectivity index (χ0v) is 10.8. The summed E-state index contributed by atoms with van der Waals surface area (Å²) in [4.78, 5) is 17.1. The number of imidazole rings is 1. The lowest BCUT2D eigenvalue weighted by Gasteiger charge is -2.06. The van der Waals surface area contributed by atoms with Gasteiger partial charge in [0.05, 0.1) is 24.1 Å². The number of nitrogens with zero attached hydrogens (tertiary/aromatic N) is 5. The summed E-state index contributed by atoms with van der Waals surface area (Å²) >= 11 is 0. The highest BCUT2D eigenvalue weighted by Crippen LogP contribution is 2.18. The lowest BCUT2D eigenvalue weighted by Crippen LogP contribution is -2.05. The lowest BCUT2D eigenvalue weighted by atomic mass is 10.3. The second-order valence-corrected chi connectivity index (χ2v) is 4.33. The van der Waals surface area contributed by atoms with Gasteiger partial charge in [0, 0.05) is 19.4 Å². The van der Waals surface area contributed by atoms with Gasteiger partial charge < -0.3 is 9.88 Å². The Bertz CT molecular complexity index is 718. The van der Waals surface area contributed by atoms with E-state index >= 15 is 0 Å². The van der Waals surface area contributed by atoms with Crippen LogP contribution >= 0.6 is 0 Å². The quantitative estimate of drug-likeness (QED) is 0.770. The first-order chi connectivity index (χ1) is 9.24. The predicted octanol–water partition coefficient (Wildman–Crippen LogP) is 1.68. The van der Waals surface area contributed by atoms with Gasteiger partial charge >= 0.3 is 0 Å². The second kappa shape index (κ2) is 4.64. The summed E-state index contributed by atoms with van der Waals surface area (Å²) < 4.78 is 1.97. The summed E-state index contributed by atoms with van der Waals surface area (Å²) in [5, 5.41) is 3.27. The first-order valence-corrected chi connectivity index (χ1v) is 6.02. The van der Waals surface area contributed by atoms with E-state index in [1.54, 1.807) is 18.7 Å². The highest BCUT2D eigenvalue weighted by molar-refractivity contribution is 5.85. The van der Waals surface area contributed by atoms with Gasteiger partial charge in [-0.25, -0.2) is 19.9 Å². The molecular formula is C13H14N6. The van der Waals surface area contributed by atoms with Crippen molar-refractivity contribution in [2.75, 3.05) is 5.32 Å². The van der Waals surface area contributed by atoms with Crippen LogP contribution in [0.4, 0.5) is 5.82 Å². The smallest absolute Gasteiger partial charge is 0.154 e. The highest BCUT2D eigenvalue weighted by Gasteiger charge is 2.06. The van der Waals surface area contributed by atoms with Gasteiger partial charge in [0.2, 0.25) is 0 Å². The molecule has 0 unspecified atom stereocenters. The number of aromatic nitrogens is 5. The number of aryl methyl sites for hydroxylation is 2. The summed E-state index contributed by atoms with van der Waals surface area (Å²) in [5.41, 5.74) is 2.86. The molecule has 0 aliphatic carbocycles. The van der Waals surface area contributed by atoms with Crippen molar-refractivity contribution in [3.05, 3.63) is 42.4 Å². The van der Waals surface area contributed by atoms with Gasteiger partial charge in [-0.05, 0) is 19.1 Å². The van der Waals surface area contributed by atoms with Crippen LogP contribution in [0.2, 0.25) is 0 Å². The zero-order valence-electron chi connectivity index (χ0n) is 10.8. The maximum absolute atomic E-state index is 4.35. The maximum Gasteiger partial charge on any atom is 0.154 e. The van der Waals surface area contributed by atoms with E-state index in [9.17, 15) is 0 Å². The Labute approximate surface area is 110 Å². The predicted molar refractivity (Wildman–Crippen MR) is 72.6 cm³/mol. The third kappa shape index (κ3) is 2.24. The van der Waals surface area contributed by atoms with E-state index in [2.05, 4.69) is 25.3 Å². The number of pyridine rings is 1. The monoisotopic (exact) mass is 254 g/mol. The first-order valence-electron chi connectivity index (χ1n) is 6.02. The van der Waals surface area contributed by atoms with E-state index in [0.29, 0.717) is 6.54 Å². The molecule has 0 spiro atoms. The number of rotatable bonds is 3. The van der Waals surface area contributed by atoms with Crippen molar-refractivity contribution in [3.63, 3.8) is 0 Å². The van der Waals surface area contributed by atoms with Crippen LogP contribution in [0.15, 0.2) is 30.9 Å². The molecule has 0 fully saturated rings. The lowest BCUT2D eigenvalue weighted by molar-refractivity contribution is 0.946. The number of anilines is 1. The molecule has 0 saturated carbocycles. The Hall–Kier alpha value is -2.50. The normalized spacial score (nSPS) is 10.8. The van der Waals surface area contributed by atoms with E-state index in [0.717, 1.165) is 28.4 Å². The molecule has 0 radical (unpaired) electrons. The fourth-order valence-electron chi connectivity index (χ4n) is 1.97. The van der Waals surface area contributed by atoms with E-state index in [1.807, 2.05) is 30.7 Å². The van der Waals surface area contributed by atoms with E-state index < -0.39 is 0 Å². The summed E-state index contributed by atoms with van der Waals surface area (Å²) in [7, 11) is 1.97. The fraction of sp³-hybridized carbons (Fsp3) is 0.231. The van der Waals surface area contributed by atoms with Gasteiger partial charge in [0.15, 0.2) is 5.82 Å². The van der Waals surface area contributed by atoms with Crippen molar-refractivity contribution in [2.45, 2.75) is 13.5 Å². The molecule has 0 bridgehead atoms. The summed E-state index contributed by atoms with van der Waals surface area (Å²) in [6.07, 6.45) is 5.32. The largest absolute Gasteiger partial charge is 0.363 e. The molecule has 0 amide bonds. The van der Waals surface area contributed by atoms with E-state index in [1.165, 1.54) is 0 Å². The number of hydrogen-bond donors (Lipinski definition) is 1. The van der Waals surface area contributed by atoms with Crippen molar-refractivity contribution < 1.29 is 0 Å². The van der Waals surface area contributed by atoms with Crippen molar-refractivity contribution in [3.8, 4) is 0 Å². The molecule has 0 aliphatic rings. The van der Waals surface area contributed by atoms with Gasteiger partial charge in [-0.1, -0.05) is 0 Å². The number of fused-ring (bicyclic) bond motifs is 1. The molecule has 0 atom stereocenters. The molecule has 19 heavy (non-hydrogen) atoms. The Morgan fingerprint density at radius 1 is 1.16 bits per heavy atom. The van der Waals surface area contributed by atoms with Crippen molar-refractivity contribution in [1.82, 2.24) is 24.5 Å². The molecule has 3 rings (SSSR count). The fourth-order valence-corrected chi connectivity index (χ4v) is 1.97. The molecule has 0 aliphatic heterocycles. The van der Waals surface area contributed by atoms with Crippen molar-refractivity contribution >= 4 is 16.9 Å². The average Bonchev–Trinajstić information content (AvgIpc) is 2.79. The van der Waals surface area contributed by atoms with Crippen LogP contribution in [-0.4, -0.2) is 24.5 Å². The molecule has 0 aromatic carbocycles. The van der Waals surface area contributed by atoms with Crippen LogP contribution in [0.25, 0.3) is 11.0 Å². The SMILES string of the molecule is Cc1nccc(CNc2nccc3c2ncn3C)n1. The van der Waals surface area contributed by atoms with Crippen LogP contribution in [0.3, 0.4) is 0 Å². The average molecular weight is 254 g/mol. The molecular weight excluding hydrogens is 240 g/mol. The molecule has 6 heteroatoms. The number of hydrogen-bond acceptors (Lipinski definition) is 5. The van der Waals surface area contributed by atoms with Gasteiger partial charge in [0.1, 0.15) is 11.3 Å². The third-order valence-electron chi connectivity index (χ3n) is 2.91. The van der Waals surface area contributed by atoms with Gasteiger partial charge in [-0.2, -0.15) is 0 Å². The maximum atomic E-state index is 4.35. The molecule has 3 aromatic rings.